The molecule has 3 N–H and O–H groups in total. The summed E-state index contributed by atoms with van der Waals surface area (Å²) in [5.41, 5.74) is 2.30. The van der Waals surface area contributed by atoms with Crippen molar-refractivity contribution in [3.05, 3.63) is 58.6 Å². The highest BCUT2D eigenvalue weighted by Gasteiger charge is 2.17. The van der Waals surface area contributed by atoms with Gasteiger partial charge >= 0.3 is 7.12 Å². The second kappa shape index (κ2) is 8.33. The predicted molar refractivity (Wildman–Crippen MR) is 87.5 cm³/mol. The van der Waals surface area contributed by atoms with Crippen LogP contribution in [0.1, 0.15) is 15.9 Å². The van der Waals surface area contributed by atoms with Gasteiger partial charge in [-0.1, -0.05) is 35.4 Å². The first kappa shape index (κ1) is 17.9. The van der Waals surface area contributed by atoms with Crippen molar-refractivity contribution >= 4 is 42.6 Å². The maximum absolute atomic E-state index is 12.0. The molecule has 0 saturated carbocycles. The fraction of sp³-hybridized carbons (Fsp3) is 0.0667. The highest BCUT2D eigenvalue weighted by molar-refractivity contribution is 6.62. The molecule has 0 spiro atoms. The number of hydrogen-bond acceptors (Lipinski definition) is 4. The first-order valence-electron chi connectivity index (χ1n) is 6.30. The van der Waals surface area contributed by atoms with Gasteiger partial charge in [-0.15, -0.1) is 0 Å². The molecule has 0 saturated heterocycles. The number of carbonyl (C=O) groups excluding carboxylic acids is 2. The summed E-state index contributed by atoms with van der Waals surface area (Å²) in [5, 5.41) is 21.0. The molecule has 2 aromatic rings. The minimum absolute atomic E-state index is 0.136. The van der Waals surface area contributed by atoms with Gasteiger partial charge in [-0.25, -0.2) is 0 Å². The van der Waals surface area contributed by atoms with E-state index in [9.17, 15) is 4.79 Å². The zero-order valence-corrected chi connectivity index (χ0v) is 12.7. The fourth-order valence-electron chi connectivity index (χ4n) is 1.72. The molecular weight excluding hydrogens is 304 g/mol. The highest BCUT2D eigenvalue weighted by Crippen LogP contribution is 2.13. The monoisotopic (exact) mass is 319 g/mol. The molecule has 7 heteroatoms. The molecular formula is C15H15BClNO4. The standard InChI is InChI=1S/C14H13BClNO3.CH2O/c1-9-2-5-11(6-3-9)17-14(18)10-4-7-12(15(19)20)13(16)8-10;1-2/h2-8,19-20H,1H3,(H,17,18);1H2. The van der Waals surface area contributed by atoms with Crippen LogP contribution >= 0.6 is 11.6 Å². The van der Waals surface area contributed by atoms with Gasteiger partial charge in [0.05, 0.1) is 0 Å². The maximum Gasteiger partial charge on any atom is 0.489 e. The lowest BCUT2D eigenvalue weighted by atomic mass is 9.80. The van der Waals surface area contributed by atoms with Crippen LogP contribution < -0.4 is 10.8 Å². The Hall–Kier alpha value is -2.15. The summed E-state index contributed by atoms with van der Waals surface area (Å²) in [4.78, 5) is 20.0. The molecule has 0 aromatic heterocycles. The van der Waals surface area contributed by atoms with Crippen molar-refractivity contribution in [1.29, 1.82) is 0 Å². The molecule has 2 aromatic carbocycles. The SMILES string of the molecule is C=O.Cc1ccc(NC(=O)c2ccc(B(O)O)c(Cl)c2)cc1. The number of aryl methyl sites for hydroxylation is 1. The number of benzene rings is 2. The third-order valence-electron chi connectivity index (χ3n) is 2.85. The third-order valence-corrected chi connectivity index (χ3v) is 3.18. The van der Waals surface area contributed by atoms with E-state index in [0.717, 1.165) is 5.56 Å². The van der Waals surface area contributed by atoms with E-state index in [2.05, 4.69) is 5.32 Å². The summed E-state index contributed by atoms with van der Waals surface area (Å²) in [6.45, 7) is 3.96. The second-order valence-corrected chi connectivity index (χ2v) is 4.84. The highest BCUT2D eigenvalue weighted by atomic mass is 35.5. The van der Waals surface area contributed by atoms with Gasteiger partial charge in [-0.05, 0) is 31.2 Å². The van der Waals surface area contributed by atoms with Crippen LogP contribution in [0.15, 0.2) is 42.5 Å². The predicted octanol–water partition coefficient (Wildman–Crippen LogP) is 1.40. The smallest absolute Gasteiger partial charge is 0.423 e. The lowest BCUT2D eigenvalue weighted by molar-refractivity contribution is -0.0980. The average Bonchev–Trinajstić information content (AvgIpc) is 2.51. The first-order valence-corrected chi connectivity index (χ1v) is 6.67. The van der Waals surface area contributed by atoms with Gasteiger partial charge in [0.25, 0.3) is 5.91 Å². The van der Waals surface area contributed by atoms with Crippen LogP contribution in [0.4, 0.5) is 5.69 Å². The molecule has 0 aliphatic heterocycles. The van der Waals surface area contributed by atoms with Gasteiger partial charge < -0.3 is 20.2 Å². The van der Waals surface area contributed by atoms with Crippen LogP contribution in [0, 0.1) is 6.92 Å². The van der Waals surface area contributed by atoms with Crippen molar-refractivity contribution in [3.8, 4) is 0 Å². The minimum Gasteiger partial charge on any atom is -0.423 e. The van der Waals surface area contributed by atoms with Crippen LogP contribution in [0.3, 0.4) is 0 Å². The van der Waals surface area contributed by atoms with Crippen LogP contribution in [-0.4, -0.2) is 29.9 Å². The van der Waals surface area contributed by atoms with E-state index < -0.39 is 7.12 Å². The number of halogens is 1. The van der Waals surface area contributed by atoms with Gasteiger partial charge in [0, 0.05) is 21.7 Å². The van der Waals surface area contributed by atoms with Gasteiger partial charge in [-0.3, -0.25) is 4.79 Å². The van der Waals surface area contributed by atoms with Crippen molar-refractivity contribution in [2.45, 2.75) is 6.92 Å². The Labute approximate surface area is 133 Å². The number of amides is 1. The van der Waals surface area contributed by atoms with Crippen molar-refractivity contribution in [2.24, 2.45) is 0 Å². The number of rotatable bonds is 3. The van der Waals surface area contributed by atoms with Crippen LogP contribution in [0.2, 0.25) is 5.02 Å². The van der Waals surface area contributed by atoms with Gasteiger partial charge in [0.2, 0.25) is 0 Å². The average molecular weight is 320 g/mol. The lowest BCUT2D eigenvalue weighted by Crippen LogP contribution is -2.31. The molecule has 5 nitrogen and oxygen atoms in total. The van der Waals surface area contributed by atoms with E-state index in [1.54, 1.807) is 12.1 Å². The van der Waals surface area contributed by atoms with E-state index in [0.29, 0.717) is 11.3 Å². The minimum atomic E-state index is -1.66. The molecule has 0 atom stereocenters. The third kappa shape index (κ3) is 4.70. The number of carbonyl (C=O) groups is 2. The van der Waals surface area contributed by atoms with Crippen molar-refractivity contribution in [3.63, 3.8) is 0 Å². The van der Waals surface area contributed by atoms with Crippen molar-refractivity contribution < 1.29 is 19.6 Å². The number of anilines is 1. The molecule has 22 heavy (non-hydrogen) atoms. The van der Waals surface area contributed by atoms with Crippen molar-refractivity contribution in [2.75, 3.05) is 5.32 Å². The Bertz CT molecular complexity index is 646. The summed E-state index contributed by atoms with van der Waals surface area (Å²) in [6.07, 6.45) is 0. The molecule has 114 valence electrons. The Morgan fingerprint density at radius 1 is 1.14 bits per heavy atom. The Kier molecular flexibility index (Phi) is 6.78. The van der Waals surface area contributed by atoms with E-state index in [1.807, 2.05) is 25.8 Å². The van der Waals surface area contributed by atoms with Crippen molar-refractivity contribution in [1.82, 2.24) is 0 Å². The van der Waals surface area contributed by atoms with Gasteiger partial charge in [0.1, 0.15) is 6.79 Å². The van der Waals surface area contributed by atoms with E-state index >= 15 is 0 Å². The summed E-state index contributed by atoms with van der Waals surface area (Å²) in [7, 11) is -1.66. The van der Waals surface area contributed by atoms with Crippen LogP contribution in [0.25, 0.3) is 0 Å². The number of hydrogen-bond donors (Lipinski definition) is 3. The molecule has 0 fully saturated rings. The molecule has 0 unspecified atom stereocenters. The number of nitrogens with one attached hydrogen (secondary N) is 1. The van der Waals surface area contributed by atoms with E-state index in [4.69, 9.17) is 26.4 Å². The molecule has 0 aliphatic carbocycles. The summed E-state index contributed by atoms with van der Waals surface area (Å²) < 4.78 is 0. The summed E-state index contributed by atoms with van der Waals surface area (Å²) in [6, 6.07) is 11.7. The summed E-state index contributed by atoms with van der Waals surface area (Å²) >= 11 is 5.89. The zero-order valence-electron chi connectivity index (χ0n) is 11.9. The molecule has 2 rings (SSSR count). The topological polar surface area (TPSA) is 86.6 Å². The largest absolute Gasteiger partial charge is 0.489 e. The Morgan fingerprint density at radius 3 is 2.23 bits per heavy atom. The van der Waals surface area contributed by atoms with E-state index in [-0.39, 0.29) is 16.4 Å². The van der Waals surface area contributed by atoms with E-state index in [1.165, 1.54) is 18.2 Å². The quantitative estimate of drug-likeness (QED) is 0.746. The van der Waals surface area contributed by atoms with Gasteiger partial charge in [0.15, 0.2) is 0 Å². The Balaban J connectivity index is 0.00000116. The maximum atomic E-state index is 12.0. The molecule has 0 aliphatic rings. The Morgan fingerprint density at radius 2 is 1.73 bits per heavy atom. The zero-order chi connectivity index (χ0) is 16.7. The molecule has 0 heterocycles. The second-order valence-electron chi connectivity index (χ2n) is 4.43. The fourth-order valence-corrected chi connectivity index (χ4v) is 2.00. The first-order chi connectivity index (χ1) is 10.5. The summed E-state index contributed by atoms with van der Waals surface area (Å²) in [5.74, 6) is -0.310. The molecule has 1 amide bonds. The normalized spacial score (nSPS) is 9.45. The molecule has 0 radical (unpaired) electrons. The van der Waals surface area contributed by atoms with Crippen LogP contribution in [0.5, 0.6) is 0 Å². The lowest BCUT2D eigenvalue weighted by Gasteiger charge is -2.08. The van der Waals surface area contributed by atoms with Gasteiger partial charge in [-0.2, -0.15) is 0 Å². The molecule has 0 bridgehead atoms. The van der Waals surface area contributed by atoms with Crippen LogP contribution in [-0.2, 0) is 4.79 Å².